The molecule has 1 aromatic carbocycles. The number of carbonyl (C=O) groups is 1. The normalized spacial score (nSPS) is 12.2. The van der Waals surface area contributed by atoms with Crippen LogP contribution in [0.5, 0.6) is 0 Å². The molecule has 100 valence electrons. The number of anilines is 1. The quantitative estimate of drug-likeness (QED) is 0.848. The maximum atomic E-state index is 11.1. The van der Waals surface area contributed by atoms with E-state index in [9.17, 15) is 4.79 Å². The third kappa shape index (κ3) is 3.49. The third-order valence-corrected chi connectivity index (χ3v) is 4.82. The number of primary amides is 1. The number of hydrogen-bond donors (Lipinski definition) is 2. The lowest BCUT2D eigenvalue weighted by Crippen LogP contribution is -2.12. The van der Waals surface area contributed by atoms with E-state index in [0.29, 0.717) is 10.6 Å². The second-order valence-corrected chi connectivity index (χ2v) is 6.36. The predicted octanol–water partition coefficient (Wildman–Crippen LogP) is 4.44. The Morgan fingerprint density at radius 1 is 1.47 bits per heavy atom. The lowest BCUT2D eigenvalue weighted by Gasteiger charge is -2.14. The van der Waals surface area contributed by atoms with E-state index in [4.69, 9.17) is 17.3 Å². The van der Waals surface area contributed by atoms with Crippen molar-refractivity contribution in [2.45, 2.75) is 13.0 Å². The Morgan fingerprint density at radius 3 is 2.74 bits per heavy atom. The van der Waals surface area contributed by atoms with Crippen molar-refractivity contribution < 1.29 is 4.79 Å². The Hall–Kier alpha value is -1.04. The van der Waals surface area contributed by atoms with Crippen molar-refractivity contribution in [1.29, 1.82) is 0 Å². The van der Waals surface area contributed by atoms with E-state index in [1.54, 1.807) is 29.5 Å². The first-order valence-corrected chi connectivity index (χ1v) is 7.62. The summed E-state index contributed by atoms with van der Waals surface area (Å²) in [6.07, 6.45) is 0. The molecule has 0 bridgehead atoms. The van der Waals surface area contributed by atoms with Crippen molar-refractivity contribution in [2.24, 2.45) is 5.73 Å². The van der Waals surface area contributed by atoms with Crippen LogP contribution in [0.4, 0.5) is 5.69 Å². The molecule has 0 radical (unpaired) electrons. The summed E-state index contributed by atoms with van der Waals surface area (Å²) in [5.41, 5.74) is 6.40. The molecule has 1 amide bonds. The standard InChI is InChI=1S/C13H12BrClN2OS/c1-7(12-4-8(14)6-19-12)17-9-2-3-10(13(16)18)11(15)5-9/h2-7,17H,1H3,(H2,16,18). The number of rotatable bonds is 4. The lowest BCUT2D eigenvalue weighted by atomic mass is 10.2. The van der Waals surface area contributed by atoms with Crippen LogP contribution < -0.4 is 11.1 Å². The van der Waals surface area contributed by atoms with Crippen molar-refractivity contribution >= 4 is 50.5 Å². The molecule has 3 nitrogen and oxygen atoms in total. The third-order valence-electron chi connectivity index (χ3n) is 2.63. The van der Waals surface area contributed by atoms with E-state index in [1.807, 2.05) is 5.38 Å². The van der Waals surface area contributed by atoms with Crippen LogP contribution in [-0.4, -0.2) is 5.91 Å². The first kappa shape index (κ1) is 14.4. The molecule has 0 fully saturated rings. The van der Waals surface area contributed by atoms with Crippen LogP contribution in [0.2, 0.25) is 5.02 Å². The molecule has 2 aromatic rings. The summed E-state index contributed by atoms with van der Waals surface area (Å²) in [6, 6.07) is 7.37. The average Bonchev–Trinajstić information content (AvgIpc) is 2.75. The van der Waals surface area contributed by atoms with Gasteiger partial charge in [0.1, 0.15) is 0 Å². The fourth-order valence-corrected chi connectivity index (χ4v) is 3.41. The van der Waals surface area contributed by atoms with Gasteiger partial charge in [0.2, 0.25) is 5.91 Å². The van der Waals surface area contributed by atoms with Gasteiger partial charge in [0.25, 0.3) is 0 Å². The summed E-state index contributed by atoms with van der Waals surface area (Å²) >= 11 is 11.1. The van der Waals surface area contributed by atoms with E-state index in [2.05, 4.69) is 34.2 Å². The predicted molar refractivity (Wildman–Crippen MR) is 84.0 cm³/mol. The van der Waals surface area contributed by atoms with Gasteiger partial charge in [-0.3, -0.25) is 4.79 Å². The fraction of sp³-hybridized carbons (Fsp3) is 0.154. The molecule has 2 rings (SSSR count). The molecule has 1 heterocycles. The van der Waals surface area contributed by atoms with E-state index in [0.717, 1.165) is 10.2 Å². The van der Waals surface area contributed by atoms with Crippen molar-refractivity contribution in [2.75, 3.05) is 5.32 Å². The van der Waals surface area contributed by atoms with Crippen LogP contribution in [0.15, 0.2) is 34.1 Å². The first-order chi connectivity index (χ1) is 8.97. The highest BCUT2D eigenvalue weighted by Gasteiger charge is 2.11. The Labute approximate surface area is 128 Å². The molecule has 1 aromatic heterocycles. The number of carbonyl (C=O) groups excluding carboxylic acids is 1. The maximum Gasteiger partial charge on any atom is 0.250 e. The molecule has 0 spiro atoms. The van der Waals surface area contributed by atoms with Crippen LogP contribution in [0.1, 0.15) is 28.2 Å². The number of benzene rings is 1. The number of halogens is 2. The fourth-order valence-electron chi connectivity index (χ4n) is 1.68. The van der Waals surface area contributed by atoms with Gasteiger partial charge < -0.3 is 11.1 Å². The van der Waals surface area contributed by atoms with E-state index in [1.165, 1.54) is 4.88 Å². The first-order valence-electron chi connectivity index (χ1n) is 5.57. The van der Waals surface area contributed by atoms with Gasteiger partial charge >= 0.3 is 0 Å². The molecule has 6 heteroatoms. The van der Waals surface area contributed by atoms with Gasteiger partial charge in [-0.25, -0.2) is 0 Å². The highest BCUT2D eigenvalue weighted by molar-refractivity contribution is 9.10. The summed E-state index contributed by atoms with van der Waals surface area (Å²) in [5.74, 6) is -0.521. The van der Waals surface area contributed by atoms with E-state index < -0.39 is 5.91 Å². The van der Waals surface area contributed by atoms with Gasteiger partial charge in [-0.1, -0.05) is 11.6 Å². The summed E-state index contributed by atoms with van der Waals surface area (Å²) in [6.45, 7) is 2.06. The average molecular weight is 360 g/mol. The van der Waals surface area contributed by atoms with Crippen LogP contribution in [0.3, 0.4) is 0 Å². The molecular weight excluding hydrogens is 348 g/mol. The van der Waals surface area contributed by atoms with Crippen LogP contribution in [-0.2, 0) is 0 Å². The van der Waals surface area contributed by atoms with Gasteiger partial charge in [-0.05, 0) is 47.1 Å². The molecule has 0 aliphatic heterocycles. The van der Waals surface area contributed by atoms with Crippen molar-refractivity contribution in [3.8, 4) is 0 Å². The second-order valence-electron chi connectivity index (χ2n) is 4.09. The SMILES string of the molecule is CC(Nc1ccc(C(N)=O)c(Cl)c1)c1cc(Br)cs1. The van der Waals surface area contributed by atoms with Gasteiger partial charge in [-0.15, -0.1) is 11.3 Å². The number of amides is 1. The van der Waals surface area contributed by atoms with Crippen molar-refractivity contribution in [3.05, 3.63) is 49.6 Å². The molecule has 1 unspecified atom stereocenters. The van der Waals surface area contributed by atoms with Crippen LogP contribution in [0, 0.1) is 0 Å². The Morgan fingerprint density at radius 2 is 2.21 bits per heavy atom. The number of thiophene rings is 1. The van der Waals surface area contributed by atoms with Gasteiger partial charge in [0.05, 0.1) is 16.6 Å². The molecular formula is C13H12BrClN2OS. The smallest absolute Gasteiger partial charge is 0.250 e. The minimum atomic E-state index is -0.521. The highest BCUT2D eigenvalue weighted by atomic mass is 79.9. The summed E-state index contributed by atoms with van der Waals surface area (Å²) in [5, 5.41) is 5.73. The second kappa shape index (κ2) is 5.94. The summed E-state index contributed by atoms with van der Waals surface area (Å²) in [7, 11) is 0. The van der Waals surface area contributed by atoms with Gasteiger partial charge in [0, 0.05) is 20.4 Å². The Balaban J connectivity index is 2.15. The molecule has 0 aliphatic rings. The maximum absolute atomic E-state index is 11.1. The highest BCUT2D eigenvalue weighted by Crippen LogP contribution is 2.29. The zero-order chi connectivity index (χ0) is 14.0. The zero-order valence-corrected chi connectivity index (χ0v) is 13.3. The monoisotopic (exact) mass is 358 g/mol. The Kier molecular flexibility index (Phi) is 4.50. The number of nitrogens with one attached hydrogen (secondary N) is 1. The minimum Gasteiger partial charge on any atom is -0.378 e. The van der Waals surface area contributed by atoms with Gasteiger partial charge in [-0.2, -0.15) is 0 Å². The van der Waals surface area contributed by atoms with Gasteiger partial charge in [0.15, 0.2) is 0 Å². The molecule has 0 saturated carbocycles. The molecule has 3 N–H and O–H groups in total. The van der Waals surface area contributed by atoms with E-state index in [-0.39, 0.29) is 6.04 Å². The van der Waals surface area contributed by atoms with E-state index >= 15 is 0 Å². The number of hydrogen-bond acceptors (Lipinski definition) is 3. The molecule has 0 aliphatic carbocycles. The summed E-state index contributed by atoms with van der Waals surface area (Å²) < 4.78 is 1.07. The largest absolute Gasteiger partial charge is 0.378 e. The van der Waals surface area contributed by atoms with Crippen LogP contribution in [0.25, 0.3) is 0 Å². The molecule has 19 heavy (non-hydrogen) atoms. The zero-order valence-electron chi connectivity index (χ0n) is 10.1. The topological polar surface area (TPSA) is 55.1 Å². The number of nitrogens with two attached hydrogens (primary N) is 1. The molecule has 1 atom stereocenters. The Bertz CT molecular complexity index is 614. The summed E-state index contributed by atoms with van der Waals surface area (Å²) in [4.78, 5) is 12.3. The van der Waals surface area contributed by atoms with Crippen molar-refractivity contribution in [3.63, 3.8) is 0 Å². The van der Waals surface area contributed by atoms with Crippen molar-refractivity contribution in [1.82, 2.24) is 0 Å². The minimum absolute atomic E-state index is 0.159. The molecule has 0 saturated heterocycles. The lowest BCUT2D eigenvalue weighted by molar-refractivity contribution is 0.100. The van der Waals surface area contributed by atoms with Crippen LogP contribution >= 0.6 is 38.9 Å².